The van der Waals surface area contributed by atoms with E-state index in [2.05, 4.69) is 0 Å². The van der Waals surface area contributed by atoms with Gasteiger partial charge in [-0.3, -0.25) is 0 Å². The van der Waals surface area contributed by atoms with Gasteiger partial charge >= 0.3 is 7.12 Å². The standard InChI is InChI=1S/C13H13BO3/c15-13(10-4-2-1-3-5-10)11-6-8-12(9-7-11)14(16)17/h1-9,13,15-17H/t13-/m0/s1. The van der Waals surface area contributed by atoms with Crippen LogP contribution in [-0.4, -0.2) is 22.3 Å². The largest absolute Gasteiger partial charge is 0.488 e. The van der Waals surface area contributed by atoms with Crippen molar-refractivity contribution in [2.24, 2.45) is 0 Å². The second-order valence-corrected chi connectivity index (χ2v) is 3.85. The van der Waals surface area contributed by atoms with Gasteiger partial charge in [0.15, 0.2) is 0 Å². The van der Waals surface area contributed by atoms with Crippen molar-refractivity contribution in [1.82, 2.24) is 0 Å². The molecule has 2 aromatic rings. The Hall–Kier alpha value is -1.62. The molecule has 1 atom stereocenters. The average molecular weight is 228 g/mol. The summed E-state index contributed by atoms with van der Waals surface area (Å²) in [6.07, 6.45) is -0.693. The summed E-state index contributed by atoms with van der Waals surface area (Å²) in [5.41, 5.74) is 1.94. The van der Waals surface area contributed by atoms with Crippen LogP contribution in [0.3, 0.4) is 0 Å². The lowest BCUT2D eigenvalue weighted by molar-refractivity contribution is 0.220. The lowest BCUT2D eigenvalue weighted by Crippen LogP contribution is -2.29. The Balaban J connectivity index is 2.23. The Morgan fingerprint density at radius 3 is 1.82 bits per heavy atom. The Morgan fingerprint density at radius 1 is 0.765 bits per heavy atom. The summed E-state index contributed by atoms with van der Waals surface area (Å²) in [5, 5.41) is 28.0. The lowest BCUT2D eigenvalue weighted by Gasteiger charge is -2.11. The molecule has 0 aliphatic carbocycles. The first-order valence-electron chi connectivity index (χ1n) is 5.37. The summed E-state index contributed by atoms with van der Waals surface area (Å²) in [6, 6.07) is 15.9. The molecule has 0 fully saturated rings. The molecule has 86 valence electrons. The third kappa shape index (κ3) is 2.74. The van der Waals surface area contributed by atoms with E-state index >= 15 is 0 Å². The van der Waals surface area contributed by atoms with Crippen molar-refractivity contribution in [3.05, 3.63) is 65.7 Å². The molecular weight excluding hydrogens is 215 g/mol. The van der Waals surface area contributed by atoms with Crippen LogP contribution in [0.5, 0.6) is 0 Å². The van der Waals surface area contributed by atoms with Crippen LogP contribution < -0.4 is 5.46 Å². The molecule has 0 amide bonds. The molecule has 4 heteroatoms. The summed E-state index contributed by atoms with van der Waals surface area (Å²) in [6.45, 7) is 0. The van der Waals surface area contributed by atoms with E-state index in [4.69, 9.17) is 10.0 Å². The molecule has 0 heterocycles. The zero-order valence-corrected chi connectivity index (χ0v) is 9.19. The summed E-state index contributed by atoms with van der Waals surface area (Å²) < 4.78 is 0. The minimum Gasteiger partial charge on any atom is -0.423 e. The molecule has 17 heavy (non-hydrogen) atoms. The molecular formula is C13H13BO3. The van der Waals surface area contributed by atoms with Crippen molar-refractivity contribution in [3.8, 4) is 0 Å². The summed E-state index contributed by atoms with van der Waals surface area (Å²) in [5.74, 6) is 0. The molecule has 0 bridgehead atoms. The maximum absolute atomic E-state index is 10.1. The predicted octanol–water partition coefficient (Wildman–Crippen LogP) is 0.448. The fraction of sp³-hybridized carbons (Fsp3) is 0.0769. The lowest BCUT2D eigenvalue weighted by atomic mass is 9.80. The van der Waals surface area contributed by atoms with Crippen LogP contribution in [0, 0.1) is 0 Å². The van der Waals surface area contributed by atoms with Crippen LogP contribution in [-0.2, 0) is 0 Å². The maximum Gasteiger partial charge on any atom is 0.488 e. The Morgan fingerprint density at radius 2 is 1.29 bits per heavy atom. The van der Waals surface area contributed by atoms with Gasteiger partial charge in [0.25, 0.3) is 0 Å². The highest BCUT2D eigenvalue weighted by molar-refractivity contribution is 6.58. The van der Waals surface area contributed by atoms with Gasteiger partial charge in [0.1, 0.15) is 6.10 Å². The van der Waals surface area contributed by atoms with Crippen LogP contribution in [0.15, 0.2) is 54.6 Å². The van der Waals surface area contributed by atoms with Crippen LogP contribution >= 0.6 is 0 Å². The van der Waals surface area contributed by atoms with E-state index in [9.17, 15) is 5.11 Å². The molecule has 3 nitrogen and oxygen atoms in total. The Labute approximate surface area is 100 Å². The minimum atomic E-state index is -1.47. The molecule has 0 spiro atoms. The molecule has 0 aromatic heterocycles. The fourth-order valence-electron chi connectivity index (χ4n) is 1.68. The normalized spacial score (nSPS) is 12.2. The second-order valence-electron chi connectivity index (χ2n) is 3.85. The highest BCUT2D eigenvalue weighted by atomic mass is 16.4. The molecule has 0 saturated heterocycles. The van der Waals surface area contributed by atoms with E-state index < -0.39 is 13.2 Å². The highest BCUT2D eigenvalue weighted by Gasteiger charge is 2.13. The first-order chi connectivity index (χ1) is 8.18. The van der Waals surface area contributed by atoms with E-state index in [1.807, 2.05) is 30.3 Å². The van der Waals surface area contributed by atoms with Crippen LogP contribution in [0.4, 0.5) is 0 Å². The SMILES string of the molecule is OB(O)c1ccc([C@@H](O)c2ccccc2)cc1. The van der Waals surface area contributed by atoms with Gasteiger partial charge in [-0.05, 0) is 16.6 Å². The maximum atomic E-state index is 10.1. The summed E-state index contributed by atoms with van der Waals surface area (Å²) in [7, 11) is -1.47. The zero-order valence-electron chi connectivity index (χ0n) is 9.19. The van der Waals surface area contributed by atoms with Gasteiger partial charge in [0.2, 0.25) is 0 Å². The van der Waals surface area contributed by atoms with E-state index in [1.165, 1.54) is 0 Å². The molecule has 0 aliphatic rings. The molecule has 2 rings (SSSR count). The second kappa shape index (κ2) is 5.14. The van der Waals surface area contributed by atoms with Gasteiger partial charge in [0.05, 0.1) is 0 Å². The molecule has 0 radical (unpaired) electrons. The quantitative estimate of drug-likeness (QED) is 0.668. The number of hydrogen-bond acceptors (Lipinski definition) is 3. The van der Waals surface area contributed by atoms with Crippen molar-refractivity contribution < 1.29 is 15.2 Å². The van der Waals surface area contributed by atoms with Crippen molar-refractivity contribution in [1.29, 1.82) is 0 Å². The number of aliphatic hydroxyl groups excluding tert-OH is 1. The van der Waals surface area contributed by atoms with E-state index in [-0.39, 0.29) is 0 Å². The van der Waals surface area contributed by atoms with Crippen LogP contribution in [0.1, 0.15) is 17.2 Å². The highest BCUT2D eigenvalue weighted by Crippen LogP contribution is 2.20. The van der Waals surface area contributed by atoms with E-state index in [0.29, 0.717) is 5.46 Å². The van der Waals surface area contributed by atoms with Crippen molar-refractivity contribution in [3.63, 3.8) is 0 Å². The number of aliphatic hydroxyl groups is 1. The van der Waals surface area contributed by atoms with Crippen molar-refractivity contribution in [2.75, 3.05) is 0 Å². The van der Waals surface area contributed by atoms with Gasteiger partial charge in [-0.2, -0.15) is 0 Å². The average Bonchev–Trinajstić information content (AvgIpc) is 2.39. The van der Waals surface area contributed by atoms with Crippen LogP contribution in [0.2, 0.25) is 0 Å². The Bertz CT molecular complexity index is 468. The van der Waals surface area contributed by atoms with Gasteiger partial charge < -0.3 is 15.2 Å². The van der Waals surface area contributed by atoms with Crippen molar-refractivity contribution >= 4 is 12.6 Å². The van der Waals surface area contributed by atoms with Gasteiger partial charge in [0, 0.05) is 0 Å². The smallest absolute Gasteiger partial charge is 0.423 e. The molecule has 0 unspecified atom stereocenters. The fourth-order valence-corrected chi connectivity index (χ4v) is 1.68. The Kier molecular flexibility index (Phi) is 3.59. The number of benzene rings is 2. The summed E-state index contributed by atoms with van der Waals surface area (Å²) in [4.78, 5) is 0. The first kappa shape index (κ1) is 11.9. The van der Waals surface area contributed by atoms with Crippen molar-refractivity contribution in [2.45, 2.75) is 6.10 Å². The minimum absolute atomic E-state index is 0.411. The predicted molar refractivity (Wildman–Crippen MR) is 66.8 cm³/mol. The topological polar surface area (TPSA) is 60.7 Å². The molecule has 2 aromatic carbocycles. The third-order valence-corrected chi connectivity index (χ3v) is 2.67. The number of hydrogen-bond donors (Lipinski definition) is 3. The molecule has 0 aliphatic heterocycles. The van der Waals surface area contributed by atoms with Crippen LogP contribution in [0.25, 0.3) is 0 Å². The van der Waals surface area contributed by atoms with Gasteiger partial charge in [-0.25, -0.2) is 0 Å². The van der Waals surface area contributed by atoms with Gasteiger partial charge in [-0.15, -0.1) is 0 Å². The van der Waals surface area contributed by atoms with E-state index in [0.717, 1.165) is 11.1 Å². The number of rotatable bonds is 3. The zero-order chi connectivity index (χ0) is 12.3. The third-order valence-electron chi connectivity index (χ3n) is 2.67. The monoisotopic (exact) mass is 228 g/mol. The first-order valence-corrected chi connectivity index (χ1v) is 5.37. The van der Waals surface area contributed by atoms with Gasteiger partial charge in [-0.1, -0.05) is 54.6 Å². The van der Waals surface area contributed by atoms with E-state index in [1.54, 1.807) is 24.3 Å². The summed E-state index contributed by atoms with van der Waals surface area (Å²) >= 11 is 0. The molecule has 0 saturated carbocycles. The molecule has 3 N–H and O–H groups in total.